The number of aryl methyl sites for hydroxylation is 1. The van der Waals surface area contributed by atoms with Gasteiger partial charge in [-0.3, -0.25) is 4.99 Å². The number of nitrogens with zero attached hydrogens (tertiary/aromatic N) is 4. The van der Waals surface area contributed by atoms with Crippen LogP contribution in [0.2, 0.25) is 0 Å². The van der Waals surface area contributed by atoms with Crippen LogP contribution in [0.1, 0.15) is 45.5 Å². The summed E-state index contributed by atoms with van der Waals surface area (Å²) in [5.41, 5.74) is 2.59. The van der Waals surface area contributed by atoms with E-state index < -0.39 is 0 Å². The Labute approximate surface area is 185 Å². The largest absolute Gasteiger partial charge is 0.357 e. The first-order chi connectivity index (χ1) is 13.0. The number of likely N-dealkylation sites (tertiary alicyclic amines) is 1. The van der Waals surface area contributed by atoms with E-state index in [0.29, 0.717) is 11.3 Å². The summed E-state index contributed by atoms with van der Waals surface area (Å²) < 4.78 is 5.30. The maximum Gasteiger partial charge on any atom is 0.257 e. The molecule has 0 radical (unpaired) electrons. The molecule has 1 aliphatic rings. The highest BCUT2D eigenvalue weighted by Gasteiger charge is 2.30. The van der Waals surface area contributed by atoms with Gasteiger partial charge in [-0.2, -0.15) is 4.98 Å². The Hall–Kier alpha value is -1.64. The highest BCUT2D eigenvalue weighted by Crippen LogP contribution is 2.28. The number of halogens is 1. The number of hydrogen-bond donors (Lipinski definition) is 1. The van der Waals surface area contributed by atoms with Gasteiger partial charge in [0.25, 0.3) is 5.89 Å². The van der Waals surface area contributed by atoms with E-state index in [1.807, 2.05) is 19.1 Å². The molecule has 1 saturated heterocycles. The Kier molecular flexibility index (Phi) is 8.27. The van der Waals surface area contributed by atoms with Gasteiger partial charge in [0.1, 0.15) is 0 Å². The van der Waals surface area contributed by atoms with Crippen molar-refractivity contribution in [2.24, 2.45) is 10.4 Å². The molecule has 0 saturated carbocycles. The lowest BCUT2D eigenvalue weighted by atomic mass is 9.93. The van der Waals surface area contributed by atoms with Gasteiger partial charge in [0.05, 0.1) is 0 Å². The van der Waals surface area contributed by atoms with Crippen molar-refractivity contribution in [3.05, 3.63) is 35.7 Å². The molecule has 0 spiro atoms. The van der Waals surface area contributed by atoms with Crippen LogP contribution in [0.15, 0.2) is 33.8 Å². The molecule has 2 heterocycles. The second-order valence-electron chi connectivity index (χ2n) is 7.89. The zero-order valence-corrected chi connectivity index (χ0v) is 19.7. The maximum atomic E-state index is 5.30. The number of rotatable bonds is 6. The van der Waals surface area contributed by atoms with E-state index in [1.165, 1.54) is 12.0 Å². The Morgan fingerprint density at radius 3 is 2.57 bits per heavy atom. The van der Waals surface area contributed by atoms with Crippen LogP contribution < -0.4 is 5.32 Å². The van der Waals surface area contributed by atoms with Crippen LogP contribution in [0.5, 0.6) is 0 Å². The second-order valence-corrected chi connectivity index (χ2v) is 7.89. The summed E-state index contributed by atoms with van der Waals surface area (Å²) in [6.45, 7) is 12.6. The summed E-state index contributed by atoms with van der Waals surface area (Å²) in [5, 5.41) is 7.39. The summed E-state index contributed by atoms with van der Waals surface area (Å²) in [4.78, 5) is 11.6. The third-order valence-electron chi connectivity index (χ3n) is 4.96. The van der Waals surface area contributed by atoms with E-state index >= 15 is 0 Å². The van der Waals surface area contributed by atoms with Gasteiger partial charge in [-0.25, -0.2) is 0 Å². The number of nitrogens with one attached hydrogen (secondary N) is 1. The molecular weight excluding hydrogens is 465 g/mol. The molecular formula is C21H32IN5O. The molecule has 3 rings (SSSR count). The van der Waals surface area contributed by atoms with E-state index in [-0.39, 0.29) is 24.0 Å². The molecule has 0 unspecified atom stereocenters. The Balaban J connectivity index is 0.00000280. The number of hydrogen-bond acceptors (Lipinski definition) is 4. The predicted molar refractivity (Wildman–Crippen MR) is 124 cm³/mol. The summed E-state index contributed by atoms with van der Waals surface area (Å²) in [5.74, 6) is 2.37. The van der Waals surface area contributed by atoms with Crippen molar-refractivity contribution in [3.63, 3.8) is 0 Å². The molecule has 1 N–H and O–H groups in total. The average Bonchev–Trinajstić information content (AvgIpc) is 3.28. The van der Waals surface area contributed by atoms with Crippen molar-refractivity contribution in [1.29, 1.82) is 0 Å². The fraction of sp³-hybridized carbons (Fsp3) is 0.571. The molecule has 2 aromatic rings. The van der Waals surface area contributed by atoms with Gasteiger partial charge < -0.3 is 14.7 Å². The monoisotopic (exact) mass is 497 g/mol. The lowest BCUT2D eigenvalue weighted by Crippen LogP contribution is -2.40. The normalized spacial score (nSPS) is 16.1. The molecule has 28 heavy (non-hydrogen) atoms. The Morgan fingerprint density at radius 2 is 2.00 bits per heavy atom. The lowest BCUT2D eigenvalue weighted by Gasteiger charge is -2.23. The van der Waals surface area contributed by atoms with E-state index in [4.69, 9.17) is 9.52 Å². The van der Waals surface area contributed by atoms with Crippen LogP contribution in [0.4, 0.5) is 0 Å². The molecule has 1 aromatic carbocycles. The third kappa shape index (κ3) is 5.93. The van der Waals surface area contributed by atoms with Gasteiger partial charge >= 0.3 is 0 Å². The van der Waals surface area contributed by atoms with E-state index in [2.05, 4.69) is 53.3 Å². The zero-order chi connectivity index (χ0) is 19.3. The molecule has 7 heteroatoms. The molecule has 1 aliphatic heterocycles. The number of guanidine groups is 1. The first kappa shape index (κ1) is 22.6. The molecule has 6 nitrogen and oxygen atoms in total. The van der Waals surface area contributed by atoms with Crippen molar-refractivity contribution in [1.82, 2.24) is 20.4 Å². The van der Waals surface area contributed by atoms with Gasteiger partial charge in [0, 0.05) is 38.2 Å². The van der Waals surface area contributed by atoms with E-state index in [0.717, 1.165) is 56.4 Å². The molecule has 1 fully saturated rings. The molecule has 154 valence electrons. The van der Waals surface area contributed by atoms with Crippen molar-refractivity contribution < 1.29 is 4.52 Å². The predicted octanol–water partition coefficient (Wildman–Crippen LogP) is 4.16. The standard InChI is InChI=1S/C21H31N5O.HI/c1-5-18-24-19(27-25-18)17-9-7-16(8-10-17)11-13-23-20(22-6-2)26-14-12-21(3,4)15-26;/h7-10H,5-6,11-15H2,1-4H3,(H,22,23);1H. The third-order valence-corrected chi connectivity index (χ3v) is 4.96. The summed E-state index contributed by atoms with van der Waals surface area (Å²) in [7, 11) is 0. The average molecular weight is 497 g/mol. The molecule has 0 amide bonds. The molecule has 0 bridgehead atoms. The van der Waals surface area contributed by atoms with E-state index in [1.54, 1.807) is 0 Å². The van der Waals surface area contributed by atoms with Gasteiger partial charge in [-0.15, -0.1) is 24.0 Å². The molecule has 0 atom stereocenters. The fourth-order valence-electron chi connectivity index (χ4n) is 3.34. The van der Waals surface area contributed by atoms with Crippen LogP contribution in [0.25, 0.3) is 11.5 Å². The van der Waals surface area contributed by atoms with Crippen molar-refractivity contribution in [2.75, 3.05) is 26.2 Å². The minimum Gasteiger partial charge on any atom is -0.357 e. The minimum atomic E-state index is 0. The maximum absolute atomic E-state index is 5.30. The molecule has 0 aliphatic carbocycles. The Morgan fingerprint density at radius 1 is 1.25 bits per heavy atom. The van der Waals surface area contributed by atoms with E-state index in [9.17, 15) is 0 Å². The smallest absolute Gasteiger partial charge is 0.257 e. The van der Waals surface area contributed by atoms with Gasteiger partial charge in [-0.1, -0.05) is 38.1 Å². The highest BCUT2D eigenvalue weighted by molar-refractivity contribution is 14.0. The molecule has 1 aromatic heterocycles. The quantitative estimate of drug-likeness (QED) is 0.369. The lowest BCUT2D eigenvalue weighted by molar-refractivity contribution is 0.370. The SMILES string of the molecule is CCNC(=NCCc1ccc(-c2nc(CC)no2)cc1)N1CCC(C)(C)C1.I. The van der Waals surface area contributed by atoms with Gasteiger partial charge in [0.2, 0.25) is 0 Å². The number of benzene rings is 1. The number of aromatic nitrogens is 2. The number of aliphatic imine (C=N–C) groups is 1. The zero-order valence-electron chi connectivity index (χ0n) is 17.4. The van der Waals surface area contributed by atoms with Crippen LogP contribution in [0.3, 0.4) is 0 Å². The van der Waals surface area contributed by atoms with Crippen LogP contribution in [-0.4, -0.2) is 47.2 Å². The van der Waals surface area contributed by atoms with Crippen molar-refractivity contribution in [2.45, 2.75) is 47.0 Å². The van der Waals surface area contributed by atoms with Crippen LogP contribution >= 0.6 is 24.0 Å². The topological polar surface area (TPSA) is 66.5 Å². The van der Waals surface area contributed by atoms with Gasteiger partial charge in [-0.05, 0) is 42.9 Å². The minimum absolute atomic E-state index is 0. The first-order valence-corrected chi connectivity index (χ1v) is 9.96. The Bertz CT molecular complexity index is 769. The highest BCUT2D eigenvalue weighted by atomic mass is 127. The van der Waals surface area contributed by atoms with Crippen molar-refractivity contribution >= 4 is 29.9 Å². The van der Waals surface area contributed by atoms with Crippen molar-refractivity contribution in [3.8, 4) is 11.5 Å². The first-order valence-electron chi connectivity index (χ1n) is 9.96. The summed E-state index contributed by atoms with van der Waals surface area (Å²) >= 11 is 0. The van der Waals surface area contributed by atoms with Gasteiger partial charge in [0.15, 0.2) is 11.8 Å². The fourth-order valence-corrected chi connectivity index (χ4v) is 3.34. The second kappa shape index (κ2) is 10.2. The summed E-state index contributed by atoms with van der Waals surface area (Å²) in [6, 6.07) is 8.32. The van der Waals surface area contributed by atoms with Crippen LogP contribution in [0, 0.1) is 5.41 Å². The van der Waals surface area contributed by atoms with Crippen LogP contribution in [-0.2, 0) is 12.8 Å². The summed E-state index contributed by atoms with van der Waals surface area (Å²) in [6.07, 6.45) is 2.91.